The number of rotatable bonds is 6. The van der Waals surface area contributed by atoms with Crippen LogP contribution in [0, 0.1) is 0 Å². The van der Waals surface area contributed by atoms with Gasteiger partial charge in [0.15, 0.2) is 0 Å². The minimum Gasteiger partial charge on any atom is -0.265 e. The largest absolute Gasteiger partial charge is 0.265 e. The lowest BCUT2D eigenvalue weighted by Gasteiger charge is -2.14. The standard InChI is InChI=1S/C20H21ClN4O2S/c21-16-5-7-19(8-6-16)28(26,27)23-14-17-13-20(15-9-11-22-12-10-15)25(24-17)18-3-1-2-4-18/h5-13,18,23H,1-4,14H2. The van der Waals surface area contributed by atoms with Crippen molar-refractivity contribution in [2.24, 2.45) is 0 Å². The molecule has 3 aromatic rings. The molecule has 0 spiro atoms. The first-order chi connectivity index (χ1) is 13.5. The summed E-state index contributed by atoms with van der Waals surface area (Å²) in [5.41, 5.74) is 2.72. The topological polar surface area (TPSA) is 76.9 Å². The third kappa shape index (κ3) is 4.11. The number of nitrogens with one attached hydrogen (secondary N) is 1. The van der Waals surface area contributed by atoms with E-state index in [1.54, 1.807) is 24.5 Å². The van der Waals surface area contributed by atoms with E-state index in [-0.39, 0.29) is 11.4 Å². The van der Waals surface area contributed by atoms with Gasteiger partial charge >= 0.3 is 0 Å². The van der Waals surface area contributed by atoms with Gasteiger partial charge in [-0.1, -0.05) is 24.4 Å². The van der Waals surface area contributed by atoms with Crippen LogP contribution in [0.25, 0.3) is 11.3 Å². The van der Waals surface area contributed by atoms with Crippen LogP contribution in [-0.2, 0) is 16.6 Å². The van der Waals surface area contributed by atoms with Crippen LogP contribution in [-0.4, -0.2) is 23.2 Å². The highest BCUT2D eigenvalue weighted by molar-refractivity contribution is 7.89. The van der Waals surface area contributed by atoms with Crippen molar-refractivity contribution in [1.29, 1.82) is 0 Å². The molecule has 1 N–H and O–H groups in total. The molecule has 146 valence electrons. The van der Waals surface area contributed by atoms with E-state index in [2.05, 4.69) is 9.71 Å². The van der Waals surface area contributed by atoms with Crippen LogP contribution in [0.5, 0.6) is 0 Å². The van der Waals surface area contributed by atoms with Crippen molar-refractivity contribution in [3.63, 3.8) is 0 Å². The highest BCUT2D eigenvalue weighted by atomic mass is 35.5. The molecule has 1 aromatic carbocycles. The van der Waals surface area contributed by atoms with Crippen molar-refractivity contribution in [2.45, 2.75) is 43.2 Å². The smallest absolute Gasteiger partial charge is 0.240 e. The molecule has 1 aliphatic carbocycles. The minimum atomic E-state index is -3.63. The maximum atomic E-state index is 12.5. The Balaban J connectivity index is 1.59. The minimum absolute atomic E-state index is 0.128. The van der Waals surface area contributed by atoms with Gasteiger partial charge in [0.05, 0.1) is 28.9 Å². The zero-order chi connectivity index (χ0) is 19.6. The second kappa shape index (κ2) is 8.03. The fourth-order valence-electron chi connectivity index (χ4n) is 3.56. The highest BCUT2D eigenvalue weighted by Gasteiger charge is 2.22. The third-order valence-electron chi connectivity index (χ3n) is 5.00. The molecule has 0 atom stereocenters. The summed E-state index contributed by atoms with van der Waals surface area (Å²) in [6.45, 7) is 0.128. The second-order valence-corrected chi connectivity index (χ2v) is 9.12. The van der Waals surface area contributed by atoms with E-state index in [1.165, 1.54) is 25.0 Å². The molecule has 1 aliphatic rings. The number of aromatic nitrogens is 3. The summed E-state index contributed by atoms with van der Waals surface area (Å²) in [5, 5.41) is 5.22. The maximum Gasteiger partial charge on any atom is 0.240 e. The van der Waals surface area contributed by atoms with Crippen LogP contribution < -0.4 is 4.72 Å². The van der Waals surface area contributed by atoms with Crippen molar-refractivity contribution >= 4 is 21.6 Å². The number of pyridine rings is 1. The highest BCUT2D eigenvalue weighted by Crippen LogP contribution is 2.33. The Morgan fingerprint density at radius 2 is 1.75 bits per heavy atom. The molecular weight excluding hydrogens is 396 g/mol. The Bertz CT molecular complexity index is 1040. The zero-order valence-corrected chi connectivity index (χ0v) is 16.8. The van der Waals surface area contributed by atoms with Gasteiger partial charge in [0.25, 0.3) is 0 Å². The van der Waals surface area contributed by atoms with Crippen LogP contribution in [0.1, 0.15) is 37.4 Å². The molecule has 0 unspecified atom stereocenters. The lowest BCUT2D eigenvalue weighted by atomic mass is 10.1. The average Bonchev–Trinajstić information content (AvgIpc) is 3.37. The molecule has 1 saturated carbocycles. The van der Waals surface area contributed by atoms with Gasteiger partial charge in [-0.15, -0.1) is 0 Å². The number of halogens is 1. The van der Waals surface area contributed by atoms with Crippen molar-refractivity contribution in [2.75, 3.05) is 0 Å². The second-order valence-electron chi connectivity index (χ2n) is 6.92. The first-order valence-corrected chi connectivity index (χ1v) is 11.1. The Hall–Kier alpha value is -2.22. The SMILES string of the molecule is O=S(=O)(NCc1cc(-c2ccncc2)n(C2CCCC2)n1)c1ccc(Cl)cc1. The predicted molar refractivity (Wildman–Crippen MR) is 108 cm³/mol. The Kier molecular flexibility index (Phi) is 5.48. The van der Waals surface area contributed by atoms with Gasteiger partial charge in [-0.05, 0) is 55.3 Å². The summed E-state index contributed by atoms with van der Waals surface area (Å²) in [6, 6.07) is 12.3. The summed E-state index contributed by atoms with van der Waals surface area (Å²) in [5.74, 6) is 0. The Morgan fingerprint density at radius 3 is 2.43 bits per heavy atom. The zero-order valence-electron chi connectivity index (χ0n) is 15.3. The van der Waals surface area contributed by atoms with Gasteiger partial charge in [0.1, 0.15) is 0 Å². The van der Waals surface area contributed by atoms with E-state index < -0.39 is 10.0 Å². The van der Waals surface area contributed by atoms with Crippen molar-refractivity contribution < 1.29 is 8.42 Å². The van der Waals surface area contributed by atoms with E-state index in [0.29, 0.717) is 16.8 Å². The Labute approximate surface area is 169 Å². The maximum absolute atomic E-state index is 12.5. The van der Waals surface area contributed by atoms with Crippen LogP contribution >= 0.6 is 11.6 Å². The first-order valence-electron chi connectivity index (χ1n) is 9.27. The molecule has 2 aromatic heterocycles. The molecule has 0 bridgehead atoms. The lowest BCUT2D eigenvalue weighted by molar-refractivity contribution is 0.467. The van der Waals surface area contributed by atoms with E-state index in [1.807, 2.05) is 22.9 Å². The summed E-state index contributed by atoms with van der Waals surface area (Å²) in [4.78, 5) is 4.26. The number of nitrogens with zero attached hydrogens (tertiary/aromatic N) is 3. The molecule has 0 radical (unpaired) electrons. The van der Waals surface area contributed by atoms with E-state index >= 15 is 0 Å². The predicted octanol–water partition coefficient (Wildman–Crippen LogP) is 4.19. The van der Waals surface area contributed by atoms with Crippen LogP contribution in [0.4, 0.5) is 0 Å². The number of hydrogen-bond donors (Lipinski definition) is 1. The van der Waals surface area contributed by atoms with Crippen molar-refractivity contribution in [3.8, 4) is 11.3 Å². The fraction of sp³-hybridized carbons (Fsp3) is 0.300. The molecule has 1 fully saturated rings. The van der Waals surface area contributed by atoms with Gasteiger partial charge in [0.2, 0.25) is 10.0 Å². The van der Waals surface area contributed by atoms with E-state index in [4.69, 9.17) is 16.7 Å². The molecule has 0 saturated heterocycles. The Morgan fingerprint density at radius 1 is 1.07 bits per heavy atom. The van der Waals surface area contributed by atoms with Crippen LogP contribution in [0.3, 0.4) is 0 Å². The number of sulfonamides is 1. The van der Waals surface area contributed by atoms with Gasteiger partial charge in [-0.2, -0.15) is 5.10 Å². The molecule has 4 rings (SSSR count). The van der Waals surface area contributed by atoms with Crippen LogP contribution in [0.15, 0.2) is 59.8 Å². The van der Waals surface area contributed by atoms with Crippen molar-refractivity contribution in [3.05, 3.63) is 65.6 Å². The average molecular weight is 417 g/mol. The molecule has 8 heteroatoms. The summed E-state index contributed by atoms with van der Waals surface area (Å²) < 4.78 is 29.8. The first kappa shape index (κ1) is 19.1. The third-order valence-corrected chi connectivity index (χ3v) is 6.67. The normalized spacial score (nSPS) is 15.2. The lowest BCUT2D eigenvalue weighted by Crippen LogP contribution is -2.23. The van der Waals surface area contributed by atoms with Crippen molar-refractivity contribution in [1.82, 2.24) is 19.5 Å². The fourth-order valence-corrected chi connectivity index (χ4v) is 4.69. The molecule has 2 heterocycles. The summed E-state index contributed by atoms with van der Waals surface area (Å²) in [7, 11) is -3.63. The molecule has 6 nitrogen and oxygen atoms in total. The van der Waals surface area contributed by atoms with Crippen LogP contribution in [0.2, 0.25) is 5.02 Å². The molecular formula is C20H21ClN4O2S. The number of benzene rings is 1. The summed E-state index contributed by atoms with van der Waals surface area (Å²) >= 11 is 5.84. The van der Waals surface area contributed by atoms with Gasteiger partial charge in [0, 0.05) is 23.0 Å². The van der Waals surface area contributed by atoms with E-state index in [9.17, 15) is 8.42 Å². The van der Waals surface area contributed by atoms with Gasteiger partial charge < -0.3 is 0 Å². The molecule has 0 aliphatic heterocycles. The van der Waals surface area contributed by atoms with E-state index in [0.717, 1.165) is 24.1 Å². The molecule has 0 amide bonds. The summed E-state index contributed by atoms with van der Waals surface area (Å²) in [6.07, 6.45) is 8.08. The van der Waals surface area contributed by atoms with Gasteiger partial charge in [-0.25, -0.2) is 13.1 Å². The molecule has 28 heavy (non-hydrogen) atoms. The monoisotopic (exact) mass is 416 g/mol. The number of hydrogen-bond acceptors (Lipinski definition) is 4. The quantitative estimate of drug-likeness (QED) is 0.653. The van der Waals surface area contributed by atoms with Gasteiger partial charge in [-0.3, -0.25) is 9.67 Å².